The van der Waals surface area contributed by atoms with Gasteiger partial charge in [-0.3, -0.25) is 4.79 Å². The van der Waals surface area contributed by atoms with E-state index < -0.39 is 0 Å². The predicted octanol–water partition coefficient (Wildman–Crippen LogP) is 3.28. The number of aromatic nitrogens is 2. The maximum atomic E-state index is 11.7. The second kappa shape index (κ2) is 6.12. The average molecular weight is 250 g/mol. The molecule has 0 amide bonds. The van der Waals surface area contributed by atoms with E-state index in [1.165, 1.54) is 19.3 Å². The Morgan fingerprint density at radius 2 is 2.06 bits per heavy atom. The van der Waals surface area contributed by atoms with Crippen molar-refractivity contribution in [2.75, 3.05) is 0 Å². The van der Waals surface area contributed by atoms with E-state index in [2.05, 4.69) is 10.1 Å². The summed E-state index contributed by atoms with van der Waals surface area (Å²) in [6.45, 7) is 4.08. The number of carbonyl (C=O) groups is 1. The fourth-order valence-corrected chi connectivity index (χ4v) is 2.56. The second-order valence-corrected chi connectivity index (χ2v) is 5.69. The van der Waals surface area contributed by atoms with Crippen LogP contribution in [0.1, 0.15) is 70.0 Å². The SMILES string of the molecule is CC(C)CC(=O)Cc1nc(C2CCCCC2)no1. The Hall–Kier alpha value is -1.19. The third-order valence-electron chi connectivity index (χ3n) is 3.44. The largest absolute Gasteiger partial charge is 0.339 e. The maximum Gasteiger partial charge on any atom is 0.234 e. The molecular formula is C14H22N2O2. The molecule has 1 aliphatic rings. The first-order chi connectivity index (χ1) is 8.65. The van der Waals surface area contributed by atoms with Crippen molar-refractivity contribution in [3.63, 3.8) is 0 Å². The van der Waals surface area contributed by atoms with Crippen molar-refractivity contribution in [3.05, 3.63) is 11.7 Å². The molecule has 0 aromatic carbocycles. The lowest BCUT2D eigenvalue weighted by atomic mass is 9.89. The fraction of sp³-hybridized carbons (Fsp3) is 0.786. The van der Waals surface area contributed by atoms with Crippen LogP contribution in [-0.2, 0) is 11.2 Å². The van der Waals surface area contributed by atoms with E-state index in [0.717, 1.165) is 18.7 Å². The van der Waals surface area contributed by atoms with Gasteiger partial charge in [0.25, 0.3) is 0 Å². The van der Waals surface area contributed by atoms with E-state index in [1.54, 1.807) is 0 Å². The van der Waals surface area contributed by atoms with Crippen LogP contribution >= 0.6 is 0 Å². The Balaban J connectivity index is 1.91. The zero-order valence-electron chi connectivity index (χ0n) is 11.3. The van der Waals surface area contributed by atoms with Gasteiger partial charge in [0.05, 0.1) is 6.42 Å². The van der Waals surface area contributed by atoms with Gasteiger partial charge in [-0.15, -0.1) is 0 Å². The lowest BCUT2D eigenvalue weighted by Crippen LogP contribution is -2.08. The summed E-state index contributed by atoms with van der Waals surface area (Å²) in [6.07, 6.45) is 6.99. The summed E-state index contributed by atoms with van der Waals surface area (Å²) in [5.41, 5.74) is 0. The molecule has 0 unspecified atom stereocenters. The van der Waals surface area contributed by atoms with E-state index in [4.69, 9.17) is 4.52 Å². The van der Waals surface area contributed by atoms with Gasteiger partial charge in [-0.2, -0.15) is 4.98 Å². The van der Waals surface area contributed by atoms with Gasteiger partial charge in [0.1, 0.15) is 5.78 Å². The molecule has 2 rings (SSSR count). The molecule has 0 radical (unpaired) electrons. The third kappa shape index (κ3) is 3.65. The summed E-state index contributed by atoms with van der Waals surface area (Å²) in [6, 6.07) is 0. The van der Waals surface area contributed by atoms with Crippen LogP contribution in [0, 0.1) is 5.92 Å². The molecule has 1 saturated carbocycles. The highest BCUT2D eigenvalue weighted by Crippen LogP contribution is 2.30. The summed E-state index contributed by atoms with van der Waals surface area (Å²) in [7, 11) is 0. The molecule has 1 fully saturated rings. The molecule has 0 bridgehead atoms. The standard InChI is InChI=1S/C14H22N2O2/c1-10(2)8-12(17)9-13-15-14(16-18-13)11-6-4-3-5-7-11/h10-11H,3-9H2,1-2H3. The van der Waals surface area contributed by atoms with Crippen LogP contribution in [0.2, 0.25) is 0 Å². The summed E-state index contributed by atoms with van der Waals surface area (Å²) in [5, 5.41) is 4.03. The topological polar surface area (TPSA) is 56.0 Å². The molecule has 0 spiro atoms. The molecule has 1 aromatic heterocycles. The molecule has 1 aliphatic carbocycles. The smallest absolute Gasteiger partial charge is 0.234 e. The lowest BCUT2D eigenvalue weighted by molar-refractivity contribution is -0.119. The Morgan fingerprint density at radius 1 is 1.33 bits per heavy atom. The molecule has 1 heterocycles. The lowest BCUT2D eigenvalue weighted by Gasteiger charge is -2.17. The molecule has 100 valence electrons. The van der Waals surface area contributed by atoms with Crippen molar-refractivity contribution < 1.29 is 9.32 Å². The van der Waals surface area contributed by atoms with Gasteiger partial charge in [-0.05, 0) is 18.8 Å². The Bertz CT molecular complexity index is 392. The van der Waals surface area contributed by atoms with E-state index >= 15 is 0 Å². The predicted molar refractivity (Wildman–Crippen MR) is 68.3 cm³/mol. The minimum Gasteiger partial charge on any atom is -0.339 e. The number of rotatable bonds is 5. The molecule has 0 atom stereocenters. The normalized spacial score (nSPS) is 17.3. The van der Waals surface area contributed by atoms with Crippen LogP contribution < -0.4 is 0 Å². The minimum atomic E-state index is 0.184. The number of nitrogens with zero attached hydrogens (tertiary/aromatic N) is 2. The Kier molecular flexibility index (Phi) is 4.50. The first kappa shape index (κ1) is 13.2. The monoisotopic (exact) mass is 250 g/mol. The number of hydrogen-bond donors (Lipinski definition) is 0. The molecule has 0 N–H and O–H groups in total. The minimum absolute atomic E-state index is 0.184. The van der Waals surface area contributed by atoms with Crippen LogP contribution in [-0.4, -0.2) is 15.9 Å². The van der Waals surface area contributed by atoms with Gasteiger partial charge in [-0.1, -0.05) is 38.3 Å². The van der Waals surface area contributed by atoms with E-state index in [9.17, 15) is 4.79 Å². The highest BCUT2D eigenvalue weighted by atomic mass is 16.5. The molecule has 4 heteroatoms. The van der Waals surface area contributed by atoms with Crippen molar-refractivity contribution in [3.8, 4) is 0 Å². The van der Waals surface area contributed by atoms with Crippen LogP contribution in [0.4, 0.5) is 0 Å². The molecule has 4 nitrogen and oxygen atoms in total. The summed E-state index contributed by atoms with van der Waals surface area (Å²) in [5.74, 6) is 2.31. The number of hydrogen-bond acceptors (Lipinski definition) is 4. The van der Waals surface area contributed by atoms with E-state index in [1.807, 2.05) is 13.8 Å². The van der Waals surface area contributed by atoms with Crippen molar-refractivity contribution in [1.82, 2.24) is 10.1 Å². The second-order valence-electron chi connectivity index (χ2n) is 5.69. The van der Waals surface area contributed by atoms with Crippen molar-refractivity contribution in [1.29, 1.82) is 0 Å². The first-order valence-electron chi connectivity index (χ1n) is 6.99. The zero-order chi connectivity index (χ0) is 13.0. The number of Topliss-reactive ketones (excluding diaryl/α,β-unsaturated/α-hetero) is 1. The molecule has 1 aromatic rings. The van der Waals surface area contributed by atoms with Gasteiger partial charge in [0, 0.05) is 12.3 Å². The number of ketones is 1. The number of carbonyl (C=O) groups excluding carboxylic acids is 1. The third-order valence-corrected chi connectivity index (χ3v) is 3.44. The quantitative estimate of drug-likeness (QED) is 0.804. The van der Waals surface area contributed by atoms with Crippen molar-refractivity contribution in [2.45, 2.75) is 64.7 Å². The van der Waals surface area contributed by atoms with Crippen molar-refractivity contribution >= 4 is 5.78 Å². The average Bonchev–Trinajstić information content (AvgIpc) is 2.77. The zero-order valence-corrected chi connectivity index (χ0v) is 11.3. The van der Waals surface area contributed by atoms with Crippen LogP contribution in [0.15, 0.2) is 4.52 Å². The molecule has 0 aliphatic heterocycles. The van der Waals surface area contributed by atoms with E-state index in [-0.39, 0.29) is 12.2 Å². The van der Waals surface area contributed by atoms with Crippen LogP contribution in [0.5, 0.6) is 0 Å². The van der Waals surface area contributed by atoms with Crippen LogP contribution in [0.3, 0.4) is 0 Å². The fourth-order valence-electron chi connectivity index (χ4n) is 2.56. The van der Waals surface area contributed by atoms with Gasteiger partial charge in [-0.25, -0.2) is 0 Å². The summed E-state index contributed by atoms with van der Waals surface area (Å²) < 4.78 is 5.19. The van der Waals surface area contributed by atoms with Crippen LogP contribution in [0.25, 0.3) is 0 Å². The van der Waals surface area contributed by atoms with Gasteiger partial charge in [0.2, 0.25) is 5.89 Å². The first-order valence-corrected chi connectivity index (χ1v) is 6.99. The summed E-state index contributed by atoms with van der Waals surface area (Å²) in [4.78, 5) is 16.1. The van der Waals surface area contributed by atoms with Gasteiger partial charge in [0.15, 0.2) is 5.82 Å². The Labute approximate surface area is 108 Å². The van der Waals surface area contributed by atoms with E-state index in [0.29, 0.717) is 24.1 Å². The molecular weight excluding hydrogens is 228 g/mol. The molecule has 18 heavy (non-hydrogen) atoms. The summed E-state index contributed by atoms with van der Waals surface area (Å²) >= 11 is 0. The Morgan fingerprint density at radius 3 is 2.72 bits per heavy atom. The maximum absolute atomic E-state index is 11.7. The highest BCUT2D eigenvalue weighted by Gasteiger charge is 2.21. The molecule has 0 saturated heterocycles. The highest BCUT2D eigenvalue weighted by molar-refractivity contribution is 5.80. The van der Waals surface area contributed by atoms with Crippen molar-refractivity contribution in [2.24, 2.45) is 5.92 Å². The van der Waals surface area contributed by atoms with Gasteiger partial charge >= 0.3 is 0 Å². The van der Waals surface area contributed by atoms with Gasteiger partial charge < -0.3 is 4.52 Å².